The summed E-state index contributed by atoms with van der Waals surface area (Å²) < 4.78 is 1.29. The van der Waals surface area contributed by atoms with Gasteiger partial charge in [0.05, 0.1) is 0 Å². The molecule has 0 fully saturated rings. The number of nitrogens with zero attached hydrogens (tertiary/aromatic N) is 3. The number of nitrogens with one attached hydrogen (secondary N) is 1. The molecule has 0 atom stereocenters. The van der Waals surface area contributed by atoms with E-state index in [0.29, 0.717) is 30.9 Å². The number of nitrogen functional groups attached to an aromatic ring is 1. The van der Waals surface area contributed by atoms with Crippen LogP contribution in [0.25, 0.3) is 10.6 Å². The van der Waals surface area contributed by atoms with Gasteiger partial charge in [-0.05, 0) is 12.8 Å². The van der Waals surface area contributed by atoms with Crippen molar-refractivity contribution in [3.63, 3.8) is 0 Å². The van der Waals surface area contributed by atoms with Crippen molar-refractivity contribution in [3.05, 3.63) is 62.2 Å². The number of benzene rings is 1. The molecule has 2 aromatic heterocycles. The average molecular weight is 428 g/mol. The molecule has 0 aliphatic rings. The van der Waals surface area contributed by atoms with E-state index in [1.165, 1.54) is 20.8 Å². The van der Waals surface area contributed by atoms with Gasteiger partial charge in [0, 0.05) is 24.0 Å². The number of anilines is 2. The predicted molar refractivity (Wildman–Crippen MR) is 120 cm³/mol. The summed E-state index contributed by atoms with van der Waals surface area (Å²) in [5.74, 6) is -0.422. The van der Waals surface area contributed by atoms with Gasteiger partial charge in [0.2, 0.25) is 0 Å². The molecule has 0 saturated carbocycles. The van der Waals surface area contributed by atoms with Gasteiger partial charge < -0.3 is 5.73 Å². The third-order valence-corrected chi connectivity index (χ3v) is 5.55. The van der Waals surface area contributed by atoms with Crippen LogP contribution in [-0.4, -0.2) is 27.0 Å². The number of hydrogen-bond acceptors (Lipinski definition) is 6. The SMILES string of the molecule is CCCCN(C(=O)c1csc(-c2ccccc2)n1)c1c(N)n(CCC)c(=O)[nH]c1=O. The van der Waals surface area contributed by atoms with Gasteiger partial charge in [-0.2, -0.15) is 0 Å². The van der Waals surface area contributed by atoms with E-state index in [4.69, 9.17) is 5.73 Å². The summed E-state index contributed by atoms with van der Waals surface area (Å²) >= 11 is 1.36. The standard InChI is InChI=1S/C21H25N5O3S/c1-3-5-12-25(16-17(22)26(11-4-2)21(29)24-18(16)27)20(28)15-13-30-19(23-15)14-9-7-6-8-10-14/h6-10,13H,3-5,11-12,22H2,1-2H3,(H,24,27,29). The third kappa shape index (κ3) is 4.35. The van der Waals surface area contributed by atoms with Gasteiger partial charge in [-0.25, -0.2) is 9.78 Å². The van der Waals surface area contributed by atoms with Crippen molar-refractivity contribution < 1.29 is 4.79 Å². The molecule has 1 aromatic carbocycles. The topological polar surface area (TPSA) is 114 Å². The van der Waals surface area contributed by atoms with Gasteiger partial charge in [0.25, 0.3) is 11.5 Å². The van der Waals surface area contributed by atoms with Gasteiger partial charge in [0.15, 0.2) is 5.69 Å². The molecular formula is C21H25N5O3S. The number of aromatic nitrogens is 3. The third-order valence-electron chi connectivity index (χ3n) is 4.66. The number of aromatic amines is 1. The molecule has 0 unspecified atom stereocenters. The van der Waals surface area contributed by atoms with Crippen LogP contribution < -0.4 is 21.9 Å². The second-order valence-electron chi connectivity index (χ2n) is 6.86. The van der Waals surface area contributed by atoms with Crippen molar-refractivity contribution in [2.45, 2.75) is 39.7 Å². The zero-order valence-corrected chi connectivity index (χ0v) is 17.9. The Morgan fingerprint density at radius 1 is 1.20 bits per heavy atom. The molecule has 158 valence electrons. The Balaban J connectivity index is 2.05. The van der Waals surface area contributed by atoms with Gasteiger partial charge in [0.1, 0.15) is 16.5 Å². The number of unbranched alkanes of at least 4 members (excludes halogenated alkanes) is 1. The quantitative estimate of drug-likeness (QED) is 0.573. The van der Waals surface area contributed by atoms with E-state index >= 15 is 0 Å². The van der Waals surface area contributed by atoms with E-state index in [1.807, 2.05) is 44.2 Å². The fraction of sp³-hybridized carbons (Fsp3) is 0.333. The lowest BCUT2D eigenvalue weighted by Crippen LogP contribution is -2.41. The molecule has 0 radical (unpaired) electrons. The van der Waals surface area contributed by atoms with Crippen LogP contribution in [0, 0.1) is 0 Å². The number of nitrogens with two attached hydrogens (primary N) is 1. The van der Waals surface area contributed by atoms with Crippen LogP contribution in [0.15, 0.2) is 45.3 Å². The van der Waals surface area contributed by atoms with Gasteiger partial charge in [-0.1, -0.05) is 50.6 Å². The number of thiazole rings is 1. The summed E-state index contributed by atoms with van der Waals surface area (Å²) in [7, 11) is 0. The van der Waals surface area contributed by atoms with E-state index in [0.717, 1.165) is 12.0 Å². The molecule has 0 bridgehead atoms. The summed E-state index contributed by atoms with van der Waals surface area (Å²) in [4.78, 5) is 46.2. The molecule has 30 heavy (non-hydrogen) atoms. The molecule has 2 heterocycles. The molecule has 0 aliphatic heterocycles. The smallest absolute Gasteiger partial charge is 0.330 e. The first-order chi connectivity index (χ1) is 14.5. The summed E-state index contributed by atoms with van der Waals surface area (Å²) in [5.41, 5.74) is 6.08. The normalized spacial score (nSPS) is 10.9. The van der Waals surface area contributed by atoms with Crippen LogP contribution in [0.2, 0.25) is 0 Å². The Kier molecular flexibility index (Phi) is 6.83. The lowest BCUT2D eigenvalue weighted by Gasteiger charge is -2.23. The zero-order chi connectivity index (χ0) is 21.7. The Morgan fingerprint density at radius 3 is 2.60 bits per heavy atom. The molecule has 9 heteroatoms. The summed E-state index contributed by atoms with van der Waals surface area (Å²) in [5, 5.41) is 2.39. The minimum Gasteiger partial charge on any atom is -0.383 e. The molecule has 3 rings (SSSR count). The molecular weight excluding hydrogens is 402 g/mol. The fourth-order valence-electron chi connectivity index (χ4n) is 3.14. The number of carbonyl (C=O) groups excluding carboxylic acids is 1. The first-order valence-corrected chi connectivity index (χ1v) is 10.8. The first kappa shape index (κ1) is 21.5. The highest BCUT2D eigenvalue weighted by molar-refractivity contribution is 7.13. The van der Waals surface area contributed by atoms with Crippen LogP contribution in [0.5, 0.6) is 0 Å². The van der Waals surface area contributed by atoms with Crippen LogP contribution in [-0.2, 0) is 6.54 Å². The van der Waals surface area contributed by atoms with Gasteiger partial charge in [-0.3, -0.25) is 24.0 Å². The second kappa shape index (κ2) is 9.53. The Morgan fingerprint density at radius 2 is 1.93 bits per heavy atom. The Hall–Kier alpha value is -3.20. The predicted octanol–water partition coefficient (Wildman–Crippen LogP) is 3.10. The van der Waals surface area contributed by atoms with E-state index < -0.39 is 17.2 Å². The van der Waals surface area contributed by atoms with E-state index in [1.54, 1.807) is 5.38 Å². The molecule has 0 aliphatic carbocycles. The first-order valence-electron chi connectivity index (χ1n) is 9.93. The summed E-state index contributed by atoms with van der Waals surface area (Å²) in [6.07, 6.45) is 2.15. The minimum atomic E-state index is -0.673. The highest BCUT2D eigenvalue weighted by Gasteiger charge is 2.26. The van der Waals surface area contributed by atoms with Gasteiger partial charge in [-0.15, -0.1) is 11.3 Å². The maximum absolute atomic E-state index is 13.3. The van der Waals surface area contributed by atoms with E-state index in [-0.39, 0.29) is 17.2 Å². The Bertz CT molecular complexity index is 1130. The zero-order valence-electron chi connectivity index (χ0n) is 17.1. The lowest BCUT2D eigenvalue weighted by atomic mass is 10.2. The number of H-pyrrole nitrogens is 1. The van der Waals surface area contributed by atoms with Crippen LogP contribution >= 0.6 is 11.3 Å². The molecule has 1 amide bonds. The highest BCUT2D eigenvalue weighted by atomic mass is 32.1. The largest absolute Gasteiger partial charge is 0.383 e. The minimum absolute atomic E-state index is 0.00392. The van der Waals surface area contributed by atoms with Crippen molar-refractivity contribution in [3.8, 4) is 10.6 Å². The molecule has 8 nitrogen and oxygen atoms in total. The maximum Gasteiger partial charge on any atom is 0.330 e. The number of rotatable bonds is 8. The molecule has 3 aromatic rings. The van der Waals surface area contributed by atoms with E-state index in [9.17, 15) is 14.4 Å². The van der Waals surface area contributed by atoms with Crippen molar-refractivity contribution in [2.24, 2.45) is 0 Å². The average Bonchev–Trinajstić information content (AvgIpc) is 3.24. The number of hydrogen-bond donors (Lipinski definition) is 2. The fourth-order valence-corrected chi connectivity index (χ4v) is 3.94. The maximum atomic E-state index is 13.3. The van der Waals surface area contributed by atoms with Crippen LogP contribution in [0.3, 0.4) is 0 Å². The second-order valence-corrected chi connectivity index (χ2v) is 7.72. The van der Waals surface area contributed by atoms with E-state index in [2.05, 4.69) is 9.97 Å². The summed E-state index contributed by atoms with van der Waals surface area (Å²) in [6, 6.07) is 9.57. The van der Waals surface area contributed by atoms with Gasteiger partial charge >= 0.3 is 5.69 Å². The highest BCUT2D eigenvalue weighted by Crippen LogP contribution is 2.26. The Labute approximate surface area is 178 Å². The number of amides is 1. The molecule has 3 N–H and O–H groups in total. The van der Waals surface area contributed by atoms with Crippen LogP contribution in [0.4, 0.5) is 11.5 Å². The van der Waals surface area contributed by atoms with Crippen LogP contribution in [0.1, 0.15) is 43.6 Å². The lowest BCUT2D eigenvalue weighted by molar-refractivity contribution is 0.0982. The van der Waals surface area contributed by atoms with Crippen molar-refractivity contribution in [2.75, 3.05) is 17.2 Å². The summed E-state index contributed by atoms with van der Waals surface area (Å²) in [6.45, 7) is 4.53. The molecule has 0 saturated heterocycles. The molecule has 0 spiro atoms. The van der Waals surface area contributed by atoms with Crippen molar-refractivity contribution in [1.82, 2.24) is 14.5 Å². The van der Waals surface area contributed by atoms with Crippen molar-refractivity contribution >= 4 is 28.7 Å². The van der Waals surface area contributed by atoms with Crippen molar-refractivity contribution in [1.29, 1.82) is 0 Å². The number of carbonyl (C=O) groups is 1. The monoisotopic (exact) mass is 427 g/mol.